The number of rotatable bonds is 33. The van der Waals surface area contributed by atoms with Gasteiger partial charge in [-0.05, 0) is 57.8 Å². The zero-order valence-electron chi connectivity index (χ0n) is 33.6. The second-order valence-electron chi connectivity index (χ2n) is 13.9. The molecule has 0 saturated heterocycles. The molecule has 0 fully saturated rings. The van der Waals surface area contributed by atoms with Gasteiger partial charge in [-0.2, -0.15) is 0 Å². The average Bonchev–Trinajstić information content (AvgIpc) is 3.11. The molecule has 0 N–H and O–H groups in total. The molecule has 0 aromatic rings. The molecular weight excluding hydrogens is 666 g/mol. The molecule has 2 unspecified atom stereocenters. The minimum Gasteiger partial charge on any atom is -0.544 e. The standard InChI is InChI=1S/C45H71NO7/c1-6-8-10-12-14-16-18-20-21-22-24-25-27-29-31-33-35-43(47)52-40-41(39-51-38-37-42(45(49)50)46(3,4)5)53-44(48)36-34-32-30-28-26-23-19-17-15-13-11-9-7-2/h8-11,13-17,19-21,23,26,28,30,41-42H,6-7,12,18,22,24-25,27,29,31-40H2,1-5H3/b10-8+,11-9+,15-13+,16-14+,19-17+,21-20+,26-23+,30-28+. The number of esters is 2. The SMILES string of the molecule is CC/C=C/C=C/C=C/C=C/C=C/CCCC(=O)OC(COCCC(C(=O)[O-])[N+](C)(C)C)COC(=O)CCCCCCCC/C=C/C/C=C/C/C=C/CC. The average molecular weight is 738 g/mol. The molecule has 0 saturated carbocycles. The van der Waals surface area contributed by atoms with Crippen LogP contribution in [0.15, 0.2) is 97.2 Å². The Morgan fingerprint density at radius 2 is 1.11 bits per heavy atom. The highest BCUT2D eigenvalue weighted by Gasteiger charge is 2.25. The normalized spacial score (nSPS) is 14.1. The number of carbonyl (C=O) groups is 3. The summed E-state index contributed by atoms with van der Waals surface area (Å²) in [7, 11) is 5.35. The number of hydrogen-bond donors (Lipinski definition) is 0. The van der Waals surface area contributed by atoms with E-state index in [0.29, 0.717) is 19.3 Å². The number of quaternary nitrogens is 1. The van der Waals surface area contributed by atoms with E-state index in [4.69, 9.17) is 14.2 Å². The fraction of sp³-hybridized carbons (Fsp3) is 0.578. The van der Waals surface area contributed by atoms with Gasteiger partial charge in [-0.3, -0.25) is 9.59 Å². The third kappa shape index (κ3) is 33.8. The Kier molecular flexibility index (Phi) is 32.8. The lowest BCUT2D eigenvalue weighted by Gasteiger charge is -2.34. The van der Waals surface area contributed by atoms with Crippen LogP contribution < -0.4 is 5.11 Å². The summed E-state index contributed by atoms with van der Waals surface area (Å²) in [6.45, 7) is 4.27. The van der Waals surface area contributed by atoms with Gasteiger partial charge in [0.2, 0.25) is 0 Å². The van der Waals surface area contributed by atoms with Gasteiger partial charge in [-0.25, -0.2) is 0 Å². The summed E-state index contributed by atoms with van der Waals surface area (Å²) in [5, 5.41) is 11.6. The van der Waals surface area contributed by atoms with Gasteiger partial charge < -0.3 is 28.6 Å². The highest BCUT2D eigenvalue weighted by atomic mass is 16.6. The molecule has 8 nitrogen and oxygen atoms in total. The van der Waals surface area contributed by atoms with Crippen LogP contribution in [0.2, 0.25) is 0 Å². The van der Waals surface area contributed by atoms with Gasteiger partial charge in [-0.15, -0.1) is 0 Å². The first-order chi connectivity index (χ1) is 25.6. The van der Waals surface area contributed by atoms with Crippen molar-refractivity contribution in [1.82, 2.24) is 0 Å². The summed E-state index contributed by atoms with van der Waals surface area (Å²) in [6.07, 6.45) is 45.9. The Hall–Kier alpha value is -3.75. The van der Waals surface area contributed by atoms with E-state index in [9.17, 15) is 19.5 Å². The topological polar surface area (TPSA) is 102 Å². The second kappa shape index (κ2) is 35.3. The van der Waals surface area contributed by atoms with Crippen molar-refractivity contribution < 1.29 is 38.2 Å². The van der Waals surface area contributed by atoms with Crippen molar-refractivity contribution >= 4 is 17.9 Å². The molecule has 0 bridgehead atoms. The molecule has 0 heterocycles. The van der Waals surface area contributed by atoms with Crippen LogP contribution in [0.1, 0.15) is 117 Å². The van der Waals surface area contributed by atoms with Gasteiger partial charge in [0.05, 0.1) is 40.3 Å². The third-order valence-electron chi connectivity index (χ3n) is 8.09. The van der Waals surface area contributed by atoms with Crippen molar-refractivity contribution in [3.63, 3.8) is 0 Å². The monoisotopic (exact) mass is 738 g/mol. The van der Waals surface area contributed by atoms with Crippen molar-refractivity contribution in [3.8, 4) is 0 Å². The highest BCUT2D eigenvalue weighted by Crippen LogP contribution is 2.12. The smallest absolute Gasteiger partial charge is 0.306 e. The first kappa shape index (κ1) is 49.2. The highest BCUT2D eigenvalue weighted by molar-refractivity contribution is 5.70. The third-order valence-corrected chi connectivity index (χ3v) is 8.09. The van der Waals surface area contributed by atoms with Crippen LogP contribution in [0.4, 0.5) is 0 Å². The number of allylic oxidation sites excluding steroid dienone is 16. The van der Waals surface area contributed by atoms with Crippen LogP contribution in [0.25, 0.3) is 0 Å². The van der Waals surface area contributed by atoms with Crippen LogP contribution in [0, 0.1) is 0 Å². The molecule has 0 aromatic carbocycles. The Morgan fingerprint density at radius 1 is 0.585 bits per heavy atom. The lowest BCUT2D eigenvalue weighted by Crippen LogP contribution is -2.55. The lowest BCUT2D eigenvalue weighted by molar-refractivity contribution is -0.889. The van der Waals surface area contributed by atoms with E-state index in [1.807, 2.05) is 54.7 Å². The number of ether oxygens (including phenoxy) is 3. The van der Waals surface area contributed by atoms with E-state index in [2.05, 4.69) is 56.4 Å². The van der Waals surface area contributed by atoms with Gasteiger partial charge >= 0.3 is 11.9 Å². The maximum Gasteiger partial charge on any atom is 0.306 e. The zero-order valence-corrected chi connectivity index (χ0v) is 33.6. The Balaban J connectivity index is 4.54. The number of carbonyl (C=O) groups excluding carboxylic acids is 3. The molecule has 53 heavy (non-hydrogen) atoms. The van der Waals surface area contributed by atoms with E-state index in [1.165, 1.54) is 12.8 Å². The quantitative estimate of drug-likeness (QED) is 0.0218. The fourth-order valence-electron chi connectivity index (χ4n) is 5.05. The van der Waals surface area contributed by atoms with E-state index >= 15 is 0 Å². The molecule has 0 rings (SSSR count). The van der Waals surface area contributed by atoms with E-state index < -0.39 is 24.1 Å². The number of nitrogens with zero attached hydrogens (tertiary/aromatic N) is 1. The van der Waals surface area contributed by atoms with Crippen molar-refractivity contribution in [2.24, 2.45) is 0 Å². The summed E-state index contributed by atoms with van der Waals surface area (Å²) >= 11 is 0. The van der Waals surface area contributed by atoms with Gasteiger partial charge in [0.25, 0.3) is 0 Å². The number of aliphatic carboxylic acids is 1. The number of hydrogen-bond acceptors (Lipinski definition) is 7. The number of unbranched alkanes of at least 4 members (excludes halogenated alkanes) is 7. The molecule has 0 aliphatic carbocycles. The fourth-order valence-corrected chi connectivity index (χ4v) is 5.05. The van der Waals surface area contributed by atoms with Gasteiger partial charge in [0.1, 0.15) is 12.6 Å². The molecule has 0 aliphatic heterocycles. The molecule has 0 spiro atoms. The maximum atomic E-state index is 12.6. The van der Waals surface area contributed by atoms with Crippen molar-refractivity contribution in [1.29, 1.82) is 0 Å². The molecule has 8 heteroatoms. The van der Waals surface area contributed by atoms with Crippen molar-refractivity contribution in [3.05, 3.63) is 97.2 Å². The predicted octanol–water partition coefficient (Wildman–Crippen LogP) is 9.01. The van der Waals surface area contributed by atoms with Crippen LogP contribution in [-0.2, 0) is 28.6 Å². The minimum absolute atomic E-state index is 0.000753. The summed E-state index contributed by atoms with van der Waals surface area (Å²) < 4.78 is 17.0. The molecule has 0 radical (unpaired) electrons. The summed E-state index contributed by atoms with van der Waals surface area (Å²) in [6, 6.07) is -0.745. The molecule has 298 valence electrons. The molecule has 0 aromatic heterocycles. The first-order valence-electron chi connectivity index (χ1n) is 19.8. The zero-order chi connectivity index (χ0) is 39.3. The Labute approximate surface area is 322 Å². The number of carboxylic acid groups (broad SMARTS) is 1. The predicted molar refractivity (Wildman–Crippen MR) is 217 cm³/mol. The Bertz CT molecular complexity index is 1180. The van der Waals surface area contributed by atoms with E-state index in [-0.39, 0.29) is 43.1 Å². The minimum atomic E-state index is -1.14. The summed E-state index contributed by atoms with van der Waals surface area (Å²) in [4.78, 5) is 36.7. The van der Waals surface area contributed by atoms with Crippen molar-refractivity contribution in [2.45, 2.75) is 129 Å². The lowest BCUT2D eigenvalue weighted by atomic mass is 10.1. The van der Waals surface area contributed by atoms with Gasteiger partial charge in [0.15, 0.2) is 6.10 Å². The largest absolute Gasteiger partial charge is 0.544 e. The van der Waals surface area contributed by atoms with Crippen LogP contribution in [0.5, 0.6) is 0 Å². The molecule has 0 aliphatic rings. The maximum absolute atomic E-state index is 12.6. The van der Waals surface area contributed by atoms with Gasteiger partial charge in [-0.1, -0.05) is 137 Å². The second-order valence-corrected chi connectivity index (χ2v) is 13.9. The number of likely N-dealkylation sites (N-methyl/N-ethyl adjacent to an activating group) is 1. The molecule has 0 amide bonds. The molecular formula is C45H71NO7. The number of carboxylic acids is 1. The van der Waals surface area contributed by atoms with Crippen LogP contribution in [0.3, 0.4) is 0 Å². The Morgan fingerprint density at radius 3 is 1.74 bits per heavy atom. The van der Waals surface area contributed by atoms with Gasteiger partial charge in [0, 0.05) is 19.3 Å². The summed E-state index contributed by atoms with van der Waals surface area (Å²) in [5.41, 5.74) is 0. The van der Waals surface area contributed by atoms with E-state index in [0.717, 1.165) is 57.8 Å². The van der Waals surface area contributed by atoms with E-state index in [1.54, 1.807) is 21.1 Å². The van der Waals surface area contributed by atoms with Crippen LogP contribution in [-0.4, -0.2) is 75.5 Å². The first-order valence-corrected chi connectivity index (χ1v) is 19.8. The van der Waals surface area contributed by atoms with Crippen LogP contribution >= 0.6 is 0 Å². The van der Waals surface area contributed by atoms with Crippen molar-refractivity contribution in [2.75, 3.05) is 41.0 Å². The molecule has 2 atom stereocenters. The summed E-state index contributed by atoms with van der Waals surface area (Å²) in [5.74, 6) is -1.87.